The Morgan fingerprint density at radius 3 is 2.67 bits per heavy atom. The maximum Gasteiger partial charge on any atom is 0.172 e. The van der Waals surface area contributed by atoms with Crippen LogP contribution in [0.5, 0.6) is 0 Å². The molecule has 0 amide bonds. The zero-order valence-electron chi connectivity index (χ0n) is 11.6. The molecule has 0 aliphatic heterocycles. The maximum absolute atomic E-state index is 11.2. The van der Waals surface area contributed by atoms with Gasteiger partial charge >= 0.3 is 0 Å². The minimum atomic E-state index is 0.329. The average Bonchev–Trinajstić information content (AvgIpc) is 2.93. The fraction of sp³-hybridized carbons (Fsp3) is 0.125. The van der Waals surface area contributed by atoms with Crippen molar-refractivity contribution in [1.29, 1.82) is 0 Å². The van der Waals surface area contributed by atoms with Crippen molar-refractivity contribution in [2.45, 2.75) is 13.5 Å². The molecule has 3 rings (SSSR count). The van der Waals surface area contributed by atoms with Gasteiger partial charge in [-0.15, -0.1) is 5.10 Å². The van der Waals surface area contributed by atoms with Gasteiger partial charge in [-0.2, -0.15) is 0 Å². The highest BCUT2D eigenvalue weighted by atomic mass is 16.1. The number of pyridine rings is 1. The summed E-state index contributed by atoms with van der Waals surface area (Å²) in [5.74, 6) is 0. The largest absolute Gasteiger partial charge is 0.296 e. The summed E-state index contributed by atoms with van der Waals surface area (Å²) in [6.07, 6.45) is 4.12. The van der Waals surface area contributed by atoms with Gasteiger partial charge < -0.3 is 0 Å². The third kappa shape index (κ3) is 2.72. The van der Waals surface area contributed by atoms with Crippen molar-refractivity contribution >= 4 is 6.29 Å². The van der Waals surface area contributed by atoms with Crippen LogP contribution in [0.25, 0.3) is 11.3 Å². The number of nitrogens with zero attached hydrogens (tertiary/aromatic N) is 4. The first-order valence-corrected chi connectivity index (χ1v) is 6.62. The van der Waals surface area contributed by atoms with E-state index in [2.05, 4.69) is 27.4 Å². The molecule has 104 valence electrons. The van der Waals surface area contributed by atoms with Crippen molar-refractivity contribution in [3.8, 4) is 11.3 Å². The number of carbonyl (C=O) groups excluding carboxylic acids is 1. The summed E-state index contributed by atoms with van der Waals surface area (Å²) < 4.78 is 1.73. The molecule has 1 aromatic carbocycles. The van der Waals surface area contributed by atoms with Crippen LogP contribution in [0, 0.1) is 6.92 Å². The molecule has 0 aliphatic carbocycles. The highest BCUT2D eigenvalue weighted by Crippen LogP contribution is 2.21. The lowest BCUT2D eigenvalue weighted by Crippen LogP contribution is -2.04. The van der Waals surface area contributed by atoms with Gasteiger partial charge in [-0.3, -0.25) is 9.78 Å². The number of aryl methyl sites for hydroxylation is 1. The second kappa shape index (κ2) is 5.66. The van der Waals surface area contributed by atoms with E-state index in [1.165, 1.54) is 5.56 Å². The molecule has 5 nitrogen and oxygen atoms in total. The summed E-state index contributed by atoms with van der Waals surface area (Å²) in [4.78, 5) is 15.3. The maximum atomic E-state index is 11.2. The number of aldehydes is 1. The molecule has 0 bridgehead atoms. The number of hydrogen-bond donors (Lipinski definition) is 0. The van der Waals surface area contributed by atoms with Gasteiger partial charge in [0, 0.05) is 18.0 Å². The predicted octanol–water partition coefficient (Wildman–Crippen LogP) is 2.51. The first-order chi connectivity index (χ1) is 10.3. The monoisotopic (exact) mass is 278 g/mol. The zero-order chi connectivity index (χ0) is 14.7. The number of aromatic nitrogens is 4. The number of rotatable bonds is 4. The van der Waals surface area contributed by atoms with E-state index in [0.29, 0.717) is 17.9 Å². The highest BCUT2D eigenvalue weighted by Gasteiger charge is 2.14. The van der Waals surface area contributed by atoms with E-state index in [0.717, 1.165) is 17.4 Å². The van der Waals surface area contributed by atoms with E-state index in [1.807, 2.05) is 31.2 Å². The van der Waals surface area contributed by atoms with Crippen LogP contribution in [-0.4, -0.2) is 26.3 Å². The summed E-state index contributed by atoms with van der Waals surface area (Å²) >= 11 is 0. The van der Waals surface area contributed by atoms with Gasteiger partial charge in [0.05, 0.1) is 6.54 Å². The summed E-state index contributed by atoms with van der Waals surface area (Å²) in [6, 6.07) is 11.9. The van der Waals surface area contributed by atoms with Gasteiger partial charge in [-0.1, -0.05) is 35.0 Å². The van der Waals surface area contributed by atoms with Gasteiger partial charge in [-0.25, -0.2) is 4.68 Å². The number of carbonyl (C=O) groups is 1. The van der Waals surface area contributed by atoms with E-state index in [9.17, 15) is 4.79 Å². The first kappa shape index (κ1) is 13.2. The summed E-state index contributed by atoms with van der Waals surface area (Å²) in [7, 11) is 0. The van der Waals surface area contributed by atoms with E-state index in [1.54, 1.807) is 17.1 Å². The van der Waals surface area contributed by atoms with Gasteiger partial charge in [0.2, 0.25) is 0 Å². The van der Waals surface area contributed by atoms with E-state index >= 15 is 0 Å². The quantitative estimate of drug-likeness (QED) is 0.688. The molecule has 0 aliphatic rings. The van der Waals surface area contributed by atoms with Crippen molar-refractivity contribution in [2.75, 3.05) is 0 Å². The summed E-state index contributed by atoms with van der Waals surface area (Å²) in [6.45, 7) is 2.61. The van der Waals surface area contributed by atoms with Crippen molar-refractivity contribution in [1.82, 2.24) is 20.0 Å². The van der Waals surface area contributed by atoms with Crippen molar-refractivity contribution in [2.24, 2.45) is 0 Å². The molecule has 0 fully saturated rings. The van der Waals surface area contributed by atoms with Crippen LogP contribution in [0.1, 0.15) is 21.6 Å². The molecule has 0 unspecified atom stereocenters. The lowest BCUT2D eigenvalue weighted by Gasteiger charge is -2.07. The molecular weight excluding hydrogens is 264 g/mol. The van der Waals surface area contributed by atoms with Crippen LogP contribution in [-0.2, 0) is 6.54 Å². The van der Waals surface area contributed by atoms with Crippen molar-refractivity contribution in [3.63, 3.8) is 0 Å². The second-order valence-corrected chi connectivity index (χ2v) is 4.83. The summed E-state index contributed by atoms with van der Waals surface area (Å²) in [5.41, 5.74) is 4.16. The number of benzene rings is 1. The zero-order valence-corrected chi connectivity index (χ0v) is 11.6. The Hall–Kier alpha value is -2.82. The van der Waals surface area contributed by atoms with Crippen molar-refractivity contribution < 1.29 is 4.79 Å². The third-order valence-corrected chi connectivity index (χ3v) is 3.26. The van der Waals surface area contributed by atoms with Crippen LogP contribution in [0.4, 0.5) is 0 Å². The minimum Gasteiger partial charge on any atom is -0.296 e. The van der Waals surface area contributed by atoms with Crippen molar-refractivity contribution in [3.05, 3.63) is 65.6 Å². The SMILES string of the molecule is Cc1ccc(Cn2nnc(C=O)c2-c2cccnc2)cc1. The van der Waals surface area contributed by atoms with Gasteiger partial charge in [-0.05, 0) is 24.6 Å². The first-order valence-electron chi connectivity index (χ1n) is 6.62. The Labute approximate surface area is 122 Å². The van der Waals surface area contributed by atoms with Crippen LogP contribution in [0.15, 0.2) is 48.8 Å². The topological polar surface area (TPSA) is 60.7 Å². The third-order valence-electron chi connectivity index (χ3n) is 3.26. The molecule has 0 atom stereocenters. The van der Waals surface area contributed by atoms with E-state index < -0.39 is 0 Å². The normalized spacial score (nSPS) is 10.5. The molecule has 0 N–H and O–H groups in total. The molecule has 21 heavy (non-hydrogen) atoms. The average molecular weight is 278 g/mol. The summed E-state index contributed by atoms with van der Waals surface area (Å²) in [5, 5.41) is 8.03. The lowest BCUT2D eigenvalue weighted by atomic mass is 10.1. The fourth-order valence-corrected chi connectivity index (χ4v) is 2.18. The van der Waals surface area contributed by atoms with Crippen LogP contribution < -0.4 is 0 Å². The van der Waals surface area contributed by atoms with E-state index in [-0.39, 0.29) is 0 Å². The molecule has 0 spiro atoms. The van der Waals surface area contributed by atoms with Crippen LogP contribution in [0.2, 0.25) is 0 Å². The van der Waals surface area contributed by atoms with Gasteiger partial charge in [0.1, 0.15) is 5.69 Å². The standard InChI is InChI=1S/C16H14N4O/c1-12-4-6-13(7-5-12)10-20-16(15(11-21)18-19-20)14-3-2-8-17-9-14/h2-9,11H,10H2,1H3. The second-order valence-electron chi connectivity index (χ2n) is 4.83. The number of hydrogen-bond acceptors (Lipinski definition) is 4. The Morgan fingerprint density at radius 2 is 2.00 bits per heavy atom. The Kier molecular flexibility index (Phi) is 3.55. The molecule has 3 aromatic rings. The Bertz CT molecular complexity index is 748. The van der Waals surface area contributed by atoms with E-state index in [4.69, 9.17) is 0 Å². The molecule has 0 radical (unpaired) electrons. The highest BCUT2D eigenvalue weighted by molar-refractivity contribution is 5.82. The molecule has 2 aromatic heterocycles. The molecule has 0 saturated carbocycles. The van der Waals surface area contributed by atoms with Gasteiger partial charge in [0.25, 0.3) is 0 Å². The molecule has 5 heteroatoms. The predicted molar refractivity (Wildman–Crippen MR) is 78.9 cm³/mol. The lowest BCUT2D eigenvalue weighted by molar-refractivity contribution is 0.111. The fourth-order valence-electron chi connectivity index (χ4n) is 2.18. The molecule has 0 saturated heterocycles. The smallest absolute Gasteiger partial charge is 0.172 e. The molecule has 2 heterocycles. The Balaban J connectivity index is 2.01. The van der Waals surface area contributed by atoms with Gasteiger partial charge in [0.15, 0.2) is 12.0 Å². The van der Waals surface area contributed by atoms with Crippen LogP contribution >= 0.6 is 0 Å². The Morgan fingerprint density at radius 1 is 1.19 bits per heavy atom. The van der Waals surface area contributed by atoms with Crippen LogP contribution in [0.3, 0.4) is 0 Å². The minimum absolute atomic E-state index is 0.329. The molecular formula is C16H14N4O.